The third kappa shape index (κ3) is 7.71. The summed E-state index contributed by atoms with van der Waals surface area (Å²) in [5.74, 6) is -0.832. The van der Waals surface area contributed by atoms with Gasteiger partial charge in [-0.25, -0.2) is 13.4 Å². The Morgan fingerprint density at radius 2 is 1.65 bits per heavy atom. The van der Waals surface area contributed by atoms with Crippen LogP contribution in [0, 0.1) is 0 Å². The number of carbonyl (C=O) groups excluding carboxylic acids is 1. The number of rotatable bonds is 9. The molecule has 3 aromatic carbocycles. The smallest absolute Gasteiger partial charge is 0.416 e. The summed E-state index contributed by atoms with van der Waals surface area (Å²) in [6, 6.07) is 17.1. The molecule has 0 aliphatic carbocycles. The zero-order valence-electron chi connectivity index (χ0n) is 24.2. The Kier molecular flexibility index (Phi) is 9.17. The molecule has 7 nitrogen and oxygen atoms in total. The molecule has 0 radical (unpaired) electrons. The van der Waals surface area contributed by atoms with Gasteiger partial charge in [-0.1, -0.05) is 30.3 Å². The third-order valence-corrected chi connectivity index (χ3v) is 9.61. The lowest BCUT2D eigenvalue weighted by Gasteiger charge is -2.21. The summed E-state index contributed by atoms with van der Waals surface area (Å²) in [7, 11) is -2.21. The van der Waals surface area contributed by atoms with Crippen molar-refractivity contribution in [3.63, 3.8) is 0 Å². The summed E-state index contributed by atoms with van der Waals surface area (Å²) < 4.78 is 70.8. The fraction of sp³-hybridized carbons (Fsp3) is 0.312. The molecule has 0 aliphatic heterocycles. The number of ether oxygens (including phenoxy) is 1. The van der Waals surface area contributed by atoms with Crippen LogP contribution in [-0.4, -0.2) is 48.9 Å². The lowest BCUT2D eigenvalue weighted by molar-refractivity contribution is -0.137. The first-order valence-corrected chi connectivity index (χ1v) is 15.1. The number of amides is 1. The summed E-state index contributed by atoms with van der Waals surface area (Å²) in [5.41, 5.74) is 1.42. The highest BCUT2D eigenvalue weighted by Crippen LogP contribution is 2.34. The molecule has 1 amide bonds. The van der Waals surface area contributed by atoms with Gasteiger partial charge < -0.3 is 15.2 Å². The van der Waals surface area contributed by atoms with E-state index in [9.17, 15) is 31.5 Å². The molecule has 1 aromatic heterocycles. The molecule has 0 fully saturated rings. The Morgan fingerprint density at radius 1 is 0.977 bits per heavy atom. The standard InChI is InChI=1S/C32H33F3N2O5S/c1-31(2,3)43(40,41)19-23-17-29(30(39)36-25(18-42-4)14-20-8-11-26(38)12-9-20)37-28-13-10-22(16-27(23)28)21-6-5-7-24(15-21)32(33,34)35/h5-13,15-17,25,38H,14,18-19H2,1-4H3,(H,36,39)/t25-/m0/s1. The Morgan fingerprint density at radius 3 is 2.28 bits per heavy atom. The van der Waals surface area contributed by atoms with Gasteiger partial charge in [0.2, 0.25) is 0 Å². The van der Waals surface area contributed by atoms with Crippen molar-refractivity contribution in [3.8, 4) is 16.9 Å². The highest BCUT2D eigenvalue weighted by Gasteiger charge is 2.32. The van der Waals surface area contributed by atoms with Gasteiger partial charge in [0.25, 0.3) is 5.91 Å². The third-order valence-electron chi connectivity index (χ3n) is 7.05. The van der Waals surface area contributed by atoms with Gasteiger partial charge >= 0.3 is 6.18 Å². The van der Waals surface area contributed by atoms with Crippen LogP contribution in [0.25, 0.3) is 22.0 Å². The first-order valence-electron chi connectivity index (χ1n) is 13.5. The molecule has 0 spiro atoms. The number of aromatic nitrogens is 1. The van der Waals surface area contributed by atoms with Gasteiger partial charge in [-0.2, -0.15) is 13.2 Å². The van der Waals surface area contributed by atoms with Crippen LogP contribution < -0.4 is 5.32 Å². The van der Waals surface area contributed by atoms with Crippen LogP contribution in [-0.2, 0) is 32.9 Å². The van der Waals surface area contributed by atoms with Crippen LogP contribution in [0.4, 0.5) is 13.2 Å². The van der Waals surface area contributed by atoms with Crippen molar-refractivity contribution in [2.75, 3.05) is 13.7 Å². The van der Waals surface area contributed by atoms with Gasteiger partial charge in [0, 0.05) is 12.5 Å². The van der Waals surface area contributed by atoms with Crippen LogP contribution in [0.5, 0.6) is 5.75 Å². The maximum Gasteiger partial charge on any atom is 0.416 e. The largest absolute Gasteiger partial charge is 0.508 e. The summed E-state index contributed by atoms with van der Waals surface area (Å²) in [6.07, 6.45) is -4.12. The second-order valence-corrected chi connectivity index (χ2v) is 14.1. The maximum absolute atomic E-state index is 13.4. The van der Waals surface area contributed by atoms with Crippen LogP contribution in [0.15, 0.2) is 72.8 Å². The number of nitrogens with one attached hydrogen (secondary N) is 1. The zero-order chi connectivity index (χ0) is 31.6. The van der Waals surface area contributed by atoms with Crippen LogP contribution in [0.3, 0.4) is 0 Å². The number of phenols is 1. The second-order valence-electron chi connectivity index (χ2n) is 11.3. The first kappa shape index (κ1) is 32.0. The molecule has 11 heteroatoms. The average molecular weight is 615 g/mol. The minimum atomic E-state index is -4.52. The predicted molar refractivity (Wildman–Crippen MR) is 159 cm³/mol. The highest BCUT2D eigenvalue weighted by molar-refractivity contribution is 7.92. The molecule has 43 heavy (non-hydrogen) atoms. The van der Waals surface area contributed by atoms with Crippen molar-refractivity contribution in [3.05, 3.63) is 95.2 Å². The van der Waals surface area contributed by atoms with Gasteiger partial charge in [0.05, 0.1) is 34.2 Å². The number of hydrogen-bond donors (Lipinski definition) is 2. The van der Waals surface area contributed by atoms with E-state index in [2.05, 4.69) is 10.3 Å². The number of halogens is 3. The lowest BCUT2D eigenvalue weighted by Crippen LogP contribution is -2.40. The number of methoxy groups -OCH3 is 1. The number of carbonyl (C=O) groups is 1. The van der Waals surface area contributed by atoms with Crippen LogP contribution in [0.2, 0.25) is 0 Å². The van der Waals surface area contributed by atoms with Crippen molar-refractivity contribution >= 4 is 26.6 Å². The van der Waals surface area contributed by atoms with Crippen LogP contribution >= 0.6 is 0 Å². The van der Waals surface area contributed by atoms with E-state index in [4.69, 9.17) is 4.74 Å². The first-order chi connectivity index (χ1) is 20.1. The average Bonchev–Trinajstić information content (AvgIpc) is 2.93. The summed E-state index contributed by atoms with van der Waals surface area (Å²) in [6.45, 7) is 4.91. The minimum Gasteiger partial charge on any atom is -0.508 e. The molecule has 2 N–H and O–H groups in total. The Balaban J connectivity index is 1.76. The van der Waals surface area contributed by atoms with E-state index in [-0.39, 0.29) is 18.1 Å². The number of sulfone groups is 1. The summed E-state index contributed by atoms with van der Waals surface area (Å²) in [5, 5.41) is 12.9. The van der Waals surface area contributed by atoms with E-state index >= 15 is 0 Å². The number of aromatic hydroxyl groups is 1. The summed E-state index contributed by atoms with van der Waals surface area (Å²) >= 11 is 0. The molecular weight excluding hydrogens is 581 g/mol. The van der Waals surface area contributed by atoms with Gasteiger partial charge in [0.1, 0.15) is 11.4 Å². The van der Waals surface area contributed by atoms with E-state index in [0.29, 0.717) is 34.0 Å². The predicted octanol–water partition coefficient (Wildman–Crippen LogP) is 6.33. The maximum atomic E-state index is 13.4. The molecule has 0 saturated heterocycles. The van der Waals surface area contributed by atoms with E-state index < -0.39 is 44.0 Å². The molecule has 1 heterocycles. The molecule has 0 aliphatic rings. The Bertz CT molecular complexity index is 1730. The Labute approximate surface area is 248 Å². The molecule has 228 valence electrons. The molecule has 4 rings (SSSR count). The minimum absolute atomic E-state index is 0.00904. The van der Waals surface area contributed by atoms with Gasteiger partial charge in [0.15, 0.2) is 9.84 Å². The molecule has 1 atom stereocenters. The van der Waals surface area contributed by atoms with Crippen molar-refractivity contribution < 1.29 is 36.2 Å². The molecule has 0 saturated carbocycles. The fourth-order valence-corrected chi connectivity index (χ4v) is 5.62. The van der Waals surface area contributed by atoms with Crippen molar-refractivity contribution in [2.45, 2.75) is 49.9 Å². The highest BCUT2D eigenvalue weighted by atomic mass is 32.2. The van der Waals surface area contributed by atoms with E-state index in [1.807, 2.05) is 0 Å². The SMILES string of the molecule is COC[C@H](Cc1ccc(O)cc1)NC(=O)c1cc(CS(=O)(=O)C(C)(C)C)c2cc(-c3cccc(C(F)(F)F)c3)ccc2n1. The van der Waals surface area contributed by atoms with Crippen molar-refractivity contribution in [1.29, 1.82) is 0 Å². The van der Waals surface area contributed by atoms with Crippen LogP contribution in [0.1, 0.15) is 48.0 Å². The molecule has 0 bridgehead atoms. The quantitative estimate of drug-likeness (QED) is 0.228. The molecule has 4 aromatic rings. The number of pyridine rings is 1. The molecule has 0 unspecified atom stereocenters. The van der Waals surface area contributed by atoms with Gasteiger partial charge in [-0.05, 0) is 91.9 Å². The van der Waals surface area contributed by atoms with E-state index in [1.165, 1.54) is 19.2 Å². The van der Waals surface area contributed by atoms with Crippen molar-refractivity contribution in [1.82, 2.24) is 10.3 Å². The Hall–Kier alpha value is -3.96. The topological polar surface area (TPSA) is 106 Å². The number of hydrogen-bond acceptors (Lipinski definition) is 6. The van der Waals surface area contributed by atoms with Gasteiger partial charge in [-0.3, -0.25) is 4.79 Å². The van der Waals surface area contributed by atoms with E-state index in [0.717, 1.165) is 17.7 Å². The zero-order valence-corrected chi connectivity index (χ0v) is 25.0. The number of fused-ring (bicyclic) bond motifs is 1. The fourth-order valence-electron chi connectivity index (χ4n) is 4.54. The lowest BCUT2D eigenvalue weighted by atomic mass is 9.99. The van der Waals surface area contributed by atoms with Crippen molar-refractivity contribution in [2.24, 2.45) is 0 Å². The number of alkyl halides is 3. The number of nitrogens with zero attached hydrogens (tertiary/aromatic N) is 1. The number of phenolic OH excluding ortho intramolecular Hbond substituents is 1. The summed E-state index contributed by atoms with van der Waals surface area (Å²) in [4.78, 5) is 17.9. The van der Waals surface area contributed by atoms with E-state index in [1.54, 1.807) is 69.3 Å². The second kappa shape index (κ2) is 12.3. The molecular formula is C32H33F3N2O5S. The number of benzene rings is 3. The normalized spacial score (nSPS) is 13.2. The monoisotopic (exact) mass is 614 g/mol. The van der Waals surface area contributed by atoms with Gasteiger partial charge in [-0.15, -0.1) is 0 Å².